The fourth-order valence-corrected chi connectivity index (χ4v) is 8.51. The van der Waals surface area contributed by atoms with Gasteiger partial charge in [0.15, 0.2) is 6.29 Å². The zero-order valence-electron chi connectivity index (χ0n) is 33.9. The van der Waals surface area contributed by atoms with Crippen molar-refractivity contribution in [2.45, 2.75) is 147 Å². The van der Waals surface area contributed by atoms with E-state index < -0.39 is 65.8 Å². The number of allylic oxidation sites excluding steroid dienone is 1. The molecule has 1 aromatic rings. The van der Waals surface area contributed by atoms with Crippen molar-refractivity contribution >= 4 is 5.97 Å². The Morgan fingerprint density at radius 3 is 2.29 bits per heavy atom. The first-order valence-corrected chi connectivity index (χ1v) is 19.2. The van der Waals surface area contributed by atoms with Crippen LogP contribution in [0.25, 0.3) is 0 Å². The molecule has 2 saturated heterocycles. The lowest BCUT2D eigenvalue weighted by Gasteiger charge is -2.47. The highest BCUT2D eigenvalue weighted by Crippen LogP contribution is 2.37. The van der Waals surface area contributed by atoms with Gasteiger partial charge in [-0.25, -0.2) is 0 Å². The van der Waals surface area contributed by atoms with Gasteiger partial charge in [0.2, 0.25) is 0 Å². The van der Waals surface area contributed by atoms with E-state index in [2.05, 4.69) is 24.0 Å². The zero-order valence-corrected chi connectivity index (χ0v) is 33.9. The summed E-state index contributed by atoms with van der Waals surface area (Å²) in [5, 5.41) is 36.0. The Kier molecular flexibility index (Phi) is 16.8. The third-order valence-electron chi connectivity index (χ3n) is 11.4. The van der Waals surface area contributed by atoms with Crippen molar-refractivity contribution in [3.8, 4) is 0 Å². The number of nitrogens with zero attached hydrogens (tertiary/aromatic N) is 2. The maximum atomic E-state index is 14.1. The number of esters is 1. The Morgan fingerprint density at radius 2 is 1.69 bits per heavy atom. The van der Waals surface area contributed by atoms with E-state index in [0.717, 1.165) is 6.42 Å². The second-order valence-electron chi connectivity index (χ2n) is 16.3. The number of rotatable bonds is 10. The van der Waals surface area contributed by atoms with Crippen molar-refractivity contribution in [1.82, 2.24) is 9.80 Å². The van der Waals surface area contributed by atoms with Gasteiger partial charge in [-0.05, 0) is 92.9 Å². The van der Waals surface area contributed by atoms with Crippen LogP contribution in [0.15, 0.2) is 42.5 Å². The number of cyclic esters (lactones) is 1. The average molecular weight is 735 g/mol. The summed E-state index contributed by atoms with van der Waals surface area (Å²) in [4.78, 5) is 18.2. The first-order valence-electron chi connectivity index (χ1n) is 19.2. The van der Waals surface area contributed by atoms with E-state index in [0.29, 0.717) is 25.8 Å². The molecule has 0 bridgehead atoms. The van der Waals surface area contributed by atoms with Gasteiger partial charge in [0.05, 0.1) is 36.4 Å². The third kappa shape index (κ3) is 11.3. The Morgan fingerprint density at radius 1 is 1.04 bits per heavy atom. The van der Waals surface area contributed by atoms with Crippen molar-refractivity contribution in [3.63, 3.8) is 0 Å². The molecule has 3 rings (SSSR count). The van der Waals surface area contributed by atoms with E-state index in [1.807, 2.05) is 84.1 Å². The molecule has 11 heteroatoms. The molecule has 0 saturated carbocycles. The van der Waals surface area contributed by atoms with Gasteiger partial charge >= 0.3 is 5.97 Å². The van der Waals surface area contributed by atoms with Crippen LogP contribution >= 0.6 is 0 Å². The minimum Gasteiger partial charge on any atom is -0.459 e. The first-order chi connectivity index (χ1) is 24.3. The molecule has 2 aliphatic heterocycles. The maximum Gasteiger partial charge on any atom is 0.311 e. The van der Waals surface area contributed by atoms with Gasteiger partial charge in [-0.2, -0.15) is 0 Å². The highest BCUT2D eigenvalue weighted by atomic mass is 16.7. The Bertz CT molecular complexity index is 1240. The molecule has 0 radical (unpaired) electrons. The van der Waals surface area contributed by atoms with Crippen molar-refractivity contribution in [2.75, 3.05) is 41.4 Å². The summed E-state index contributed by atoms with van der Waals surface area (Å²) in [6.07, 6.45) is 0.579. The molecular weight excluding hydrogens is 664 g/mol. The number of carbonyl (C=O) groups is 1. The molecule has 2 heterocycles. The lowest BCUT2D eigenvalue weighted by molar-refractivity contribution is -0.300. The topological polar surface area (TPSA) is 130 Å². The molecule has 0 amide bonds. The lowest BCUT2D eigenvalue weighted by Crippen LogP contribution is -2.59. The van der Waals surface area contributed by atoms with E-state index in [4.69, 9.17) is 23.7 Å². The second kappa shape index (κ2) is 19.6. The molecule has 2 fully saturated rings. The van der Waals surface area contributed by atoms with Gasteiger partial charge in [-0.15, -0.1) is 0 Å². The molecule has 1 aromatic carbocycles. The van der Waals surface area contributed by atoms with Gasteiger partial charge in [-0.1, -0.05) is 63.3 Å². The van der Waals surface area contributed by atoms with Gasteiger partial charge in [0, 0.05) is 31.7 Å². The minimum atomic E-state index is -1.51. The summed E-state index contributed by atoms with van der Waals surface area (Å²) in [7, 11) is 7.36. The van der Waals surface area contributed by atoms with Crippen LogP contribution in [0, 0.1) is 17.8 Å². The molecule has 2 aliphatic rings. The number of methoxy groups -OCH3 is 1. The summed E-state index contributed by atoms with van der Waals surface area (Å²) in [5.41, 5.74) is -1.78. The fourth-order valence-electron chi connectivity index (χ4n) is 8.51. The number of aliphatic hydroxyl groups is 3. The van der Waals surface area contributed by atoms with E-state index in [9.17, 15) is 20.1 Å². The Labute approximate surface area is 313 Å². The summed E-state index contributed by atoms with van der Waals surface area (Å²) in [6.45, 7) is 15.8. The molecular formula is C41H70N2O9. The van der Waals surface area contributed by atoms with E-state index in [1.165, 1.54) is 5.56 Å². The van der Waals surface area contributed by atoms with Gasteiger partial charge in [-0.3, -0.25) is 4.79 Å². The van der Waals surface area contributed by atoms with Crippen LogP contribution in [0.4, 0.5) is 0 Å². The lowest BCUT2D eigenvalue weighted by atomic mass is 9.77. The van der Waals surface area contributed by atoms with Gasteiger partial charge < -0.3 is 48.8 Å². The van der Waals surface area contributed by atoms with Crippen LogP contribution in [-0.4, -0.2) is 139 Å². The quantitative estimate of drug-likeness (QED) is 0.233. The molecule has 298 valence electrons. The smallest absolute Gasteiger partial charge is 0.311 e. The summed E-state index contributed by atoms with van der Waals surface area (Å²) in [6, 6.07) is 9.63. The highest BCUT2D eigenvalue weighted by molar-refractivity contribution is 5.73. The van der Waals surface area contributed by atoms with Crippen molar-refractivity contribution in [2.24, 2.45) is 17.8 Å². The first kappa shape index (κ1) is 44.5. The number of ether oxygens (including phenoxy) is 5. The Hall–Kier alpha value is -1.93. The number of carbonyl (C=O) groups excluding carboxylic acids is 1. The molecule has 0 aromatic heterocycles. The zero-order chi connectivity index (χ0) is 39.0. The molecule has 0 spiro atoms. The molecule has 3 N–H and O–H groups in total. The summed E-state index contributed by atoms with van der Waals surface area (Å²) >= 11 is 0. The molecule has 52 heavy (non-hydrogen) atoms. The fraction of sp³-hybridized carbons (Fsp3) is 0.780. The number of benzene rings is 1. The van der Waals surface area contributed by atoms with Crippen molar-refractivity contribution in [1.29, 1.82) is 0 Å². The normalized spacial score (nSPS) is 40.7. The number of hydrogen-bond acceptors (Lipinski definition) is 11. The molecule has 11 nitrogen and oxygen atoms in total. The van der Waals surface area contributed by atoms with Gasteiger partial charge in [0.1, 0.15) is 23.9 Å². The average Bonchev–Trinajstić information content (AvgIpc) is 3.07. The van der Waals surface area contributed by atoms with Crippen LogP contribution < -0.4 is 0 Å². The van der Waals surface area contributed by atoms with Crippen molar-refractivity contribution in [3.05, 3.63) is 48.0 Å². The van der Waals surface area contributed by atoms with Crippen LogP contribution in [0.5, 0.6) is 0 Å². The summed E-state index contributed by atoms with van der Waals surface area (Å²) < 4.78 is 31.6. The van der Waals surface area contributed by atoms with Crippen LogP contribution in [0.3, 0.4) is 0 Å². The third-order valence-corrected chi connectivity index (χ3v) is 11.4. The predicted molar refractivity (Wildman–Crippen MR) is 203 cm³/mol. The SMILES string of the molecule is CC[C@H]1OC(=O)[C@H](C)[C@@H](OC/C=C/Cc2ccccc2)[C@H](C)[C@@H](O[C@@H]2O[C@H](C)C[C@H](N(C)C)[C@H]2O)[C@](C)(O)C[C@@H](C)CN(C)[C@H](C)[C@@H](OC)[C@]1(C)O. The van der Waals surface area contributed by atoms with Crippen molar-refractivity contribution < 1.29 is 43.8 Å². The summed E-state index contributed by atoms with van der Waals surface area (Å²) in [5.74, 6) is -1.97. The molecule has 0 unspecified atom stereocenters. The van der Waals surface area contributed by atoms with E-state index in [-0.39, 0.29) is 30.7 Å². The van der Waals surface area contributed by atoms with Crippen LogP contribution in [0.1, 0.15) is 80.2 Å². The largest absolute Gasteiger partial charge is 0.459 e. The van der Waals surface area contributed by atoms with E-state index >= 15 is 0 Å². The Balaban J connectivity index is 2.08. The minimum absolute atomic E-state index is 0.0310. The second-order valence-corrected chi connectivity index (χ2v) is 16.3. The van der Waals surface area contributed by atoms with E-state index in [1.54, 1.807) is 27.9 Å². The van der Waals surface area contributed by atoms with Gasteiger partial charge in [0.25, 0.3) is 0 Å². The number of likely N-dealkylation sites (N-methyl/N-ethyl adjacent to an activating group) is 2. The van der Waals surface area contributed by atoms with Crippen LogP contribution in [0.2, 0.25) is 0 Å². The van der Waals surface area contributed by atoms with Crippen LogP contribution in [-0.2, 0) is 34.9 Å². The monoisotopic (exact) mass is 735 g/mol. The molecule has 14 atom stereocenters. The number of hydrogen-bond donors (Lipinski definition) is 3. The standard InChI is InChI=1S/C41H70N2O9/c1-13-33-41(8,47)37(48-12)30(6)43(11)25-26(2)24-40(7,46)36(52-39-34(44)32(42(9)10)23-27(3)50-39)28(4)35(29(5)38(45)51-33)49-22-18-17-21-31-19-15-14-16-20-31/h14-20,26-30,32-37,39,44,46-47H,13,21-25H2,1-12H3/b18-17+/t26-,27-,28+,29-,30-,32+,33-,34-,35+,36-,37-,39+,40-,41-/m1/s1. The molecule has 0 aliphatic carbocycles. The highest BCUT2D eigenvalue weighted by Gasteiger charge is 2.50. The number of aliphatic hydroxyl groups excluding tert-OH is 1. The predicted octanol–water partition coefficient (Wildman–Crippen LogP) is 4.45. The maximum absolute atomic E-state index is 14.1.